The molecule has 0 heterocycles. The summed E-state index contributed by atoms with van der Waals surface area (Å²) in [5.41, 5.74) is 1.20. The van der Waals surface area contributed by atoms with Gasteiger partial charge in [-0.1, -0.05) is 56.9 Å². The summed E-state index contributed by atoms with van der Waals surface area (Å²) in [7, 11) is -1.67. The Morgan fingerprint density at radius 1 is 1.22 bits per heavy atom. The molecule has 0 aliphatic carbocycles. The molecule has 0 radical (unpaired) electrons. The first-order valence-electron chi connectivity index (χ1n) is 6.52. The number of hydrogen-bond donors (Lipinski definition) is 0. The van der Waals surface area contributed by atoms with Crippen molar-refractivity contribution in [3.8, 4) is 0 Å². The SMILES string of the molecule is CCOC(=O)C(C)(Cc1ccccc1)[Si](C)(C)C. The number of ether oxygens (including phenoxy) is 1. The molecule has 0 N–H and O–H groups in total. The van der Waals surface area contributed by atoms with Gasteiger partial charge in [-0.05, 0) is 18.9 Å². The summed E-state index contributed by atoms with van der Waals surface area (Å²) < 4.78 is 5.30. The lowest BCUT2D eigenvalue weighted by atomic mass is 10.00. The van der Waals surface area contributed by atoms with Crippen molar-refractivity contribution in [3.05, 3.63) is 35.9 Å². The van der Waals surface area contributed by atoms with Crippen LogP contribution in [0.2, 0.25) is 24.7 Å². The lowest BCUT2D eigenvalue weighted by Gasteiger charge is -2.38. The van der Waals surface area contributed by atoms with Crippen molar-refractivity contribution in [2.75, 3.05) is 6.61 Å². The van der Waals surface area contributed by atoms with Gasteiger partial charge in [0.1, 0.15) is 0 Å². The molecule has 0 saturated heterocycles. The lowest BCUT2D eigenvalue weighted by molar-refractivity contribution is -0.146. The minimum absolute atomic E-state index is 0.0481. The van der Waals surface area contributed by atoms with Crippen LogP contribution in [0.3, 0.4) is 0 Å². The van der Waals surface area contributed by atoms with Crippen LogP contribution >= 0.6 is 0 Å². The van der Waals surface area contributed by atoms with Gasteiger partial charge in [0, 0.05) is 0 Å². The van der Waals surface area contributed by atoms with E-state index in [9.17, 15) is 4.79 Å². The summed E-state index contributed by atoms with van der Waals surface area (Å²) in [5, 5.41) is -0.371. The van der Waals surface area contributed by atoms with Gasteiger partial charge in [-0.2, -0.15) is 0 Å². The van der Waals surface area contributed by atoms with E-state index < -0.39 is 8.07 Å². The minimum Gasteiger partial charge on any atom is -0.466 e. The average molecular weight is 264 g/mol. The van der Waals surface area contributed by atoms with Crippen LogP contribution in [0.15, 0.2) is 30.3 Å². The molecule has 0 fully saturated rings. The molecule has 0 aliphatic rings. The molecule has 3 heteroatoms. The Labute approximate surface area is 111 Å². The van der Waals surface area contributed by atoms with Crippen LogP contribution in [0.1, 0.15) is 19.4 Å². The second-order valence-electron chi connectivity index (χ2n) is 5.96. The highest BCUT2D eigenvalue weighted by Gasteiger charge is 2.46. The highest BCUT2D eigenvalue weighted by molar-refractivity contribution is 6.82. The van der Waals surface area contributed by atoms with Crippen molar-refractivity contribution >= 4 is 14.0 Å². The van der Waals surface area contributed by atoms with E-state index in [4.69, 9.17) is 4.74 Å². The fourth-order valence-electron chi connectivity index (χ4n) is 1.94. The summed E-state index contributed by atoms with van der Waals surface area (Å²) in [4.78, 5) is 12.3. The third kappa shape index (κ3) is 3.22. The Kier molecular flexibility index (Phi) is 4.74. The number of rotatable bonds is 5. The average Bonchev–Trinajstić information content (AvgIpc) is 2.29. The van der Waals surface area contributed by atoms with Gasteiger partial charge in [0.25, 0.3) is 0 Å². The standard InChI is InChI=1S/C15H24O2Si/c1-6-17-14(16)15(2,18(3,4)5)12-13-10-8-7-9-11-13/h7-11H,6,12H2,1-5H3. The molecule has 100 valence electrons. The quantitative estimate of drug-likeness (QED) is 0.596. The number of carbonyl (C=O) groups is 1. The van der Waals surface area contributed by atoms with Crippen LogP contribution in [-0.2, 0) is 16.0 Å². The summed E-state index contributed by atoms with van der Waals surface area (Å²) in [5.74, 6) is -0.0481. The number of hydrogen-bond acceptors (Lipinski definition) is 2. The van der Waals surface area contributed by atoms with Crippen LogP contribution in [-0.4, -0.2) is 20.7 Å². The van der Waals surface area contributed by atoms with E-state index in [2.05, 4.69) is 38.7 Å². The summed E-state index contributed by atoms with van der Waals surface area (Å²) in [6, 6.07) is 10.2. The van der Waals surface area contributed by atoms with Crippen molar-refractivity contribution < 1.29 is 9.53 Å². The fraction of sp³-hybridized carbons (Fsp3) is 0.533. The van der Waals surface area contributed by atoms with E-state index >= 15 is 0 Å². The molecule has 0 aliphatic heterocycles. The van der Waals surface area contributed by atoms with E-state index in [1.807, 2.05) is 25.1 Å². The Balaban J connectivity index is 3.03. The maximum atomic E-state index is 12.3. The second-order valence-corrected chi connectivity index (χ2v) is 11.6. The summed E-state index contributed by atoms with van der Waals surface area (Å²) >= 11 is 0. The topological polar surface area (TPSA) is 26.3 Å². The molecule has 1 rings (SSSR count). The highest BCUT2D eigenvalue weighted by atomic mass is 28.3. The van der Waals surface area contributed by atoms with Crippen LogP contribution in [0, 0.1) is 0 Å². The van der Waals surface area contributed by atoms with E-state index in [0.717, 1.165) is 6.42 Å². The first-order chi connectivity index (χ1) is 8.31. The molecule has 0 saturated carbocycles. The largest absolute Gasteiger partial charge is 0.466 e. The van der Waals surface area contributed by atoms with Crippen molar-refractivity contribution in [3.63, 3.8) is 0 Å². The van der Waals surface area contributed by atoms with Crippen LogP contribution in [0.5, 0.6) is 0 Å². The highest BCUT2D eigenvalue weighted by Crippen LogP contribution is 2.42. The van der Waals surface area contributed by atoms with Crippen molar-refractivity contribution in [1.29, 1.82) is 0 Å². The summed E-state index contributed by atoms with van der Waals surface area (Å²) in [6.45, 7) is 11.1. The van der Waals surface area contributed by atoms with Gasteiger partial charge in [0.15, 0.2) is 0 Å². The molecule has 1 atom stereocenters. The molecule has 1 aromatic carbocycles. The zero-order valence-corrected chi connectivity index (χ0v) is 13.1. The van der Waals surface area contributed by atoms with Crippen molar-refractivity contribution in [1.82, 2.24) is 0 Å². The van der Waals surface area contributed by atoms with Gasteiger partial charge in [-0.25, -0.2) is 0 Å². The molecule has 0 aromatic heterocycles. The second kappa shape index (κ2) is 5.70. The van der Waals surface area contributed by atoms with Crippen molar-refractivity contribution in [2.45, 2.75) is 44.9 Å². The van der Waals surface area contributed by atoms with Gasteiger partial charge >= 0.3 is 5.97 Å². The third-order valence-corrected chi connectivity index (χ3v) is 7.47. The minimum atomic E-state index is -1.67. The van der Waals surface area contributed by atoms with Gasteiger partial charge in [-0.3, -0.25) is 4.79 Å². The zero-order chi connectivity index (χ0) is 13.8. The van der Waals surface area contributed by atoms with Crippen molar-refractivity contribution in [2.24, 2.45) is 0 Å². The fourth-order valence-corrected chi connectivity index (χ4v) is 3.36. The van der Waals surface area contributed by atoms with Crippen LogP contribution in [0.25, 0.3) is 0 Å². The van der Waals surface area contributed by atoms with Crippen LogP contribution in [0.4, 0.5) is 0 Å². The first-order valence-corrected chi connectivity index (χ1v) is 10.0. The molecule has 0 amide bonds. The number of carbonyl (C=O) groups excluding carboxylic acids is 1. The predicted molar refractivity (Wildman–Crippen MR) is 78.5 cm³/mol. The van der Waals surface area contributed by atoms with E-state index in [0.29, 0.717) is 6.61 Å². The van der Waals surface area contributed by atoms with E-state index in [-0.39, 0.29) is 11.0 Å². The Bertz CT molecular complexity index is 395. The third-order valence-electron chi connectivity index (χ3n) is 3.78. The normalized spacial score (nSPS) is 14.9. The van der Waals surface area contributed by atoms with Gasteiger partial charge < -0.3 is 4.74 Å². The van der Waals surface area contributed by atoms with E-state index in [1.54, 1.807) is 0 Å². The zero-order valence-electron chi connectivity index (χ0n) is 12.1. The Hall–Kier alpha value is -1.09. The molecular formula is C15H24O2Si. The molecular weight excluding hydrogens is 240 g/mol. The number of esters is 1. The van der Waals surface area contributed by atoms with Gasteiger partial charge in [-0.15, -0.1) is 0 Å². The molecule has 1 aromatic rings. The first kappa shape index (κ1) is 15.0. The molecule has 0 spiro atoms. The number of benzene rings is 1. The monoisotopic (exact) mass is 264 g/mol. The van der Waals surface area contributed by atoms with Gasteiger partial charge in [0.05, 0.1) is 19.7 Å². The maximum absolute atomic E-state index is 12.3. The van der Waals surface area contributed by atoms with Gasteiger partial charge in [0.2, 0.25) is 0 Å². The molecule has 18 heavy (non-hydrogen) atoms. The maximum Gasteiger partial charge on any atom is 0.309 e. The lowest BCUT2D eigenvalue weighted by Crippen LogP contribution is -2.45. The van der Waals surface area contributed by atoms with Crippen LogP contribution < -0.4 is 0 Å². The summed E-state index contributed by atoms with van der Waals surface area (Å²) in [6.07, 6.45) is 0.766. The smallest absolute Gasteiger partial charge is 0.309 e. The Morgan fingerprint density at radius 2 is 1.78 bits per heavy atom. The van der Waals surface area contributed by atoms with E-state index in [1.165, 1.54) is 5.56 Å². The molecule has 2 nitrogen and oxygen atoms in total. The predicted octanol–water partition coefficient (Wildman–Crippen LogP) is 3.89. The Morgan fingerprint density at radius 3 is 2.22 bits per heavy atom. The molecule has 0 bridgehead atoms. The molecule has 1 unspecified atom stereocenters.